The van der Waals surface area contributed by atoms with Crippen molar-refractivity contribution in [3.05, 3.63) is 15.6 Å². The van der Waals surface area contributed by atoms with Gasteiger partial charge < -0.3 is 15.4 Å². The number of hydrogen-bond acceptors (Lipinski definition) is 5. The zero-order valence-corrected chi connectivity index (χ0v) is 18.1. The van der Waals surface area contributed by atoms with Crippen LogP contribution in [-0.2, 0) is 17.6 Å². The Morgan fingerprint density at radius 2 is 2.00 bits per heavy atom. The molecule has 1 aromatic rings. The molecule has 24 heavy (non-hydrogen) atoms. The number of ether oxygens (including phenoxy) is 1. The van der Waals surface area contributed by atoms with Crippen LogP contribution in [-0.4, -0.2) is 68.8 Å². The molecule has 6 nitrogen and oxygen atoms in total. The van der Waals surface area contributed by atoms with E-state index < -0.39 is 0 Å². The van der Waals surface area contributed by atoms with E-state index in [2.05, 4.69) is 39.4 Å². The number of rotatable bonds is 7. The maximum atomic E-state index is 5.36. The van der Waals surface area contributed by atoms with E-state index in [9.17, 15) is 0 Å². The van der Waals surface area contributed by atoms with Gasteiger partial charge in [0.1, 0.15) is 0 Å². The third kappa shape index (κ3) is 7.20. The quantitative estimate of drug-likeness (QED) is 0.363. The van der Waals surface area contributed by atoms with Gasteiger partial charge in [-0.05, 0) is 13.3 Å². The van der Waals surface area contributed by atoms with Crippen molar-refractivity contribution in [2.24, 2.45) is 4.99 Å². The number of guanidine groups is 1. The molecule has 1 aromatic heterocycles. The van der Waals surface area contributed by atoms with E-state index in [0.29, 0.717) is 0 Å². The highest BCUT2D eigenvalue weighted by atomic mass is 127. The van der Waals surface area contributed by atoms with Crippen molar-refractivity contribution < 1.29 is 4.74 Å². The van der Waals surface area contributed by atoms with Gasteiger partial charge in [0.25, 0.3) is 0 Å². The Hall–Kier alpha value is -0.450. The third-order valence-corrected chi connectivity index (χ3v) is 5.02. The zero-order chi connectivity index (χ0) is 16.5. The van der Waals surface area contributed by atoms with Crippen LogP contribution in [0.15, 0.2) is 4.99 Å². The van der Waals surface area contributed by atoms with Gasteiger partial charge in [-0.25, -0.2) is 4.98 Å². The summed E-state index contributed by atoms with van der Waals surface area (Å²) < 4.78 is 5.36. The summed E-state index contributed by atoms with van der Waals surface area (Å²) in [6.45, 7) is 10.8. The molecule has 0 saturated carbocycles. The number of nitrogens with zero attached hydrogens (tertiary/aromatic N) is 3. The van der Waals surface area contributed by atoms with Crippen LogP contribution in [0.25, 0.3) is 0 Å². The molecule has 0 unspecified atom stereocenters. The van der Waals surface area contributed by atoms with Gasteiger partial charge in [0.15, 0.2) is 5.96 Å². The van der Waals surface area contributed by atoms with Crippen LogP contribution in [0.5, 0.6) is 0 Å². The molecule has 1 saturated heterocycles. The average Bonchev–Trinajstić information content (AvgIpc) is 2.94. The van der Waals surface area contributed by atoms with Crippen LogP contribution in [0.3, 0.4) is 0 Å². The number of morpholine rings is 1. The molecule has 2 rings (SSSR count). The molecule has 1 aliphatic rings. The average molecular weight is 467 g/mol. The Balaban J connectivity index is 0.00000288. The maximum absolute atomic E-state index is 5.36. The number of halogens is 1. The molecular weight excluding hydrogens is 437 g/mol. The number of thiazole rings is 1. The number of hydrogen-bond donors (Lipinski definition) is 2. The molecule has 0 bridgehead atoms. The van der Waals surface area contributed by atoms with Crippen LogP contribution < -0.4 is 10.6 Å². The number of aromatic nitrogens is 1. The van der Waals surface area contributed by atoms with E-state index >= 15 is 0 Å². The second kappa shape index (κ2) is 12.0. The Labute approximate surface area is 166 Å². The van der Waals surface area contributed by atoms with Gasteiger partial charge in [-0.15, -0.1) is 35.3 Å². The summed E-state index contributed by atoms with van der Waals surface area (Å²) in [5.74, 6) is 0.863. The first-order chi connectivity index (χ1) is 11.2. The van der Waals surface area contributed by atoms with Gasteiger partial charge in [0.2, 0.25) is 0 Å². The lowest BCUT2D eigenvalue weighted by Crippen LogP contribution is -2.44. The van der Waals surface area contributed by atoms with Crippen molar-refractivity contribution >= 4 is 41.3 Å². The monoisotopic (exact) mass is 467 g/mol. The molecule has 0 radical (unpaired) electrons. The first-order valence-electron chi connectivity index (χ1n) is 8.42. The minimum atomic E-state index is 0. The fraction of sp³-hybridized carbons (Fsp3) is 0.750. The van der Waals surface area contributed by atoms with Gasteiger partial charge in [-0.1, -0.05) is 6.92 Å². The van der Waals surface area contributed by atoms with Gasteiger partial charge in [0, 0.05) is 51.1 Å². The summed E-state index contributed by atoms with van der Waals surface area (Å²) in [4.78, 5) is 12.7. The largest absolute Gasteiger partial charge is 0.379 e. The van der Waals surface area contributed by atoms with E-state index in [1.165, 1.54) is 15.6 Å². The Kier molecular flexibility index (Phi) is 10.8. The second-order valence-electron chi connectivity index (χ2n) is 5.59. The molecule has 0 spiro atoms. The van der Waals surface area contributed by atoms with Gasteiger partial charge in [-0.2, -0.15) is 0 Å². The molecule has 1 fully saturated rings. The minimum Gasteiger partial charge on any atom is -0.379 e. The molecular formula is C16H30IN5OS. The SMILES string of the molecule is CCc1nc(CCNC(=NC)NCCN2CCOCC2)sc1C.I. The molecule has 0 aromatic carbocycles. The standard InChI is InChI=1S/C16H29N5OS.HI/c1-4-14-13(2)23-15(20-14)5-6-18-16(17-3)19-7-8-21-9-11-22-12-10-21;/h4-12H2,1-3H3,(H2,17,18,19);1H. The summed E-state index contributed by atoms with van der Waals surface area (Å²) in [5, 5.41) is 7.94. The summed E-state index contributed by atoms with van der Waals surface area (Å²) in [5.41, 5.74) is 1.23. The molecule has 0 aliphatic carbocycles. The molecule has 1 aliphatic heterocycles. The Morgan fingerprint density at radius 1 is 1.29 bits per heavy atom. The van der Waals surface area contributed by atoms with Gasteiger partial charge in [-0.3, -0.25) is 9.89 Å². The van der Waals surface area contributed by atoms with Crippen LogP contribution in [0, 0.1) is 6.92 Å². The normalized spacial score (nSPS) is 15.9. The van der Waals surface area contributed by atoms with E-state index in [0.717, 1.165) is 64.7 Å². The fourth-order valence-electron chi connectivity index (χ4n) is 2.59. The summed E-state index contributed by atoms with van der Waals surface area (Å²) in [6, 6.07) is 0. The predicted octanol–water partition coefficient (Wildman–Crippen LogP) is 1.67. The van der Waals surface area contributed by atoms with E-state index in [1.54, 1.807) is 11.3 Å². The van der Waals surface area contributed by atoms with E-state index in [4.69, 9.17) is 4.74 Å². The number of nitrogens with one attached hydrogen (secondary N) is 2. The molecule has 138 valence electrons. The van der Waals surface area contributed by atoms with Crippen molar-refractivity contribution in [1.82, 2.24) is 20.5 Å². The minimum absolute atomic E-state index is 0. The molecule has 0 atom stereocenters. The van der Waals surface area contributed by atoms with Crippen molar-refractivity contribution in [3.8, 4) is 0 Å². The lowest BCUT2D eigenvalue weighted by molar-refractivity contribution is 0.0389. The van der Waals surface area contributed by atoms with Crippen LogP contribution >= 0.6 is 35.3 Å². The Bertz CT molecular complexity index is 503. The van der Waals surface area contributed by atoms with Crippen molar-refractivity contribution in [1.29, 1.82) is 0 Å². The highest BCUT2D eigenvalue weighted by Gasteiger charge is 2.10. The summed E-state index contributed by atoms with van der Waals surface area (Å²) in [7, 11) is 1.81. The van der Waals surface area contributed by atoms with Crippen molar-refractivity contribution in [3.63, 3.8) is 0 Å². The molecule has 2 heterocycles. The Morgan fingerprint density at radius 3 is 2.62 bits per heavy atom. The summed E-state index contributed by atoms with van der Waals surface area (Å²) >= 11 is 1.80. The van der Waals surface area contributed by atoms with Gasteiger partial charge in [0.05, 0.1) is 23.9 Å². The van der Waals surface area contributed by atoms with E-state index in [1.807, 2.05) is 7.05 Å². The predicted molar refractivity (Wildman–Crippen MR) is 112 cm³/mol. The van der Waals surface area contributed by atoms with Crippen LogP contribution in [0.1, 0.15) is 22.5 Å². The van der Waals surface area contributed by atoms with Crippen molar-refractivity contribution in [2.45, 2.75) is 26.7 Å². The lowest BCUT2D eigenvalue weighted by atomic mass is 10.3. The smallest absolute Gasteiger partial charge is 0.191 e. The summed E-state index contributed by atoms with van der Waals surface area (Å²) in [6.07, 6.45) is 1.95. The lowest BCUT2D eigenvalue weighted by Gasteiger charge is -2.26. The topological polar surface area (TPSA) is 61.8 Å². The van der Waals surface area contributed by atoms with E-state index in [-0.39, 0.29) is 24.0 Å². The van der Waals surface area contributed by atoms with Crippen molar-refractivity contribution in [2.75, 3.05) is 53.0 Å². The van der Waals surface area contributed by atoms with Crippen LogP contribution in [0.2, 0.25) is 0 Å². The van der Waals surface area contributed by atoms with Crippen LogP contribution in [0.4, 0.5) is 0 Å². The zero-order valence-electron chi connectivity index (χ0n) is 14.9. The fourth-order valence-corrected chi connectivity index (χ4v) is 3.61. The molecule has 0 amide bonds. The first kappa shape index (κ1) is 21.6. The van der Waals surface area contributed by atoms with Gasteiger partial charge >= 0.3 is 0 Å². The number of aryl methyl sites for hydroxylation is 2. The first-order valence-corrected chi connectivity index (χ1v) is 9.24. The highest BCUT2D eigenvalue weighted by Crippen LogP contribution is 2.17. The number of aliphatic imine (C=N–C) groups is 1. The second-order valence-corrected chi connectivity index (χ2v) is 6.88. The molecule has 8 heteroatoms. The maximum Gasteiger partial charge on any atom is 0.191 e. The molecule has 2 N–H and O–H groups in total. The third-order valence-electron chi connectivity index (χ3n) is 3.95. The highest BCUT2D eigenvalue weighted by molar-refractivity contribution is 14.0.